The maximum Gasteiger partial charge on any atom is 0.180 e. The van der Waals surface area contributed by atoms with Gasteiger partial charge in [0.15, 0.2) is 5.13 Å². The number of aryl methyl sites for hydroxylation is 1. The minimum atomic E-state index is 0.281. The van der Waals surface area contributed by atoms with Gasteiger partial charge in [0.2, 0.25) is 0 Å². The van der Waals surface area contributed by atoms with Crippen molar-refractivity contribution < 1.29 is 0 Å². The van der Waals surface area contributed by atoms with Gasteiger partial charge in [-0.05, 0) is 31.0 Å². The quantitative estimate of drug-likeness (QED) is 0.887. The highest BCUT2D eigenvalue weighted by molar-refractivity contribution is 7.15. The van der Waals surface area contributed by atoms with E-state index in [1.165, 1.54) is 10.4 Å². The van der Waals surface area contributed by atoms with Crippen LogP contribution in [0.4, 0.5) is 5.13 Å². The number of nitrogens with zero attached hydrogens (tertiary/aromatic N) is 1. The summed E-state index contributed by atoms with van der Waals surface area (Å²) in [6.45, 7) is 6.21. The van der Waals surface area contributed by atoms with Crippen LogP contribution in [-0.2, 0) is 0 Å². The molecule has 0 saturated carbocycles. The fraction of sp³-hybridized carbons (Fsp3) is 0.308. The van der Waals surface area contributed by atoms with Gasteiger partial charge >= 0.3 is 0 Å². The summed E-state index contributed by atoms with van der Waals surface area (Å²) in [6.07, 6.45) is 0. The van der Waals surface area contributed by atoms with Crippen LogP contribution in [0.5, 0.6) is 0 Å². The molecule has 1 heterocycles. The highest BCUT2D eigenvalue weighted by Gasteiger charge is 2.17. The van der Waals surface area contributed by atoms with Gasteiger partial charge in [0.25, 0.3) is 0 Å². The zero-order valence-electron chi connectivity index (χ0n) is 10.1. The summed E-state index contributed by atoms with van der Waals surface area (Å²) < 4.78 is 0. The molecule has 1 aromatic carbocycles. The van der Waals surface area contributed by atoms with E-state index in [1.54, 1.807) is 11.3 Å². The van der Waals surface area contributed by atoms with Gasteiger partial charge in [0.1, 0.15) is 0 Å². The summed E-state index contributed by atoms with van der Waals surface area (Å²) in [7, 11) is 0. The number of hydrogen-bond donors (Lipinski definition) is 1. The molecule has 2 nitrogen and oxygen atoms in total. The SMILES string of the molecule is Cc1nc(N)sc1C(C)c1cccc(Cl)c1C. The molecule has 1 unspecified atom stereocenters. The molecule has 0 aliphatic rings. The second-order valence-corrected chi connectivity index (χ2v) is 5.65. The highest BCUT2D eigenvalue weighted by Crippen LogP contribution is 2.35. The normalized spacial score (nSPS) is 12.7. The molecule has 2 rings (SSSR count). The van der Waals surface area contributed by atoms with Crippen molar-refractivity contribution in [3.63, 3.8) is 0 Å². The van der Waals surface area contributed by atoms with Crippen molar-refractivity contribution in [3.8, 4) is 0 Å². The van der Waals surface area contributed by atoms with E-state index in [9.17, 15) is 0 Å². The van der Waals surface area contributed by atoms with Crippen LogP contribution in [0.3, 0.4) is 0 Å². The van der Waals surface area contributed by atoms with Crippen molar-refractivity contribution in [1.29, 1.82) is 0 Å². The molecule has 2 aromatic rings. The Hall–Kier alpha value is -1.06. The third-order valence-electron chi connectivity index (χ3n) is 3.02. The molecule has 4 heteroatoms. The van der Waals surface area contributed by atoms with Crippen LogP contribution in [-0.4, -0.2) is 4.98 Å². The number of benzene rings is 1. The van der Waals surface area contributed by atoms with E-state index in [2.05, 4.69) is 18.0 Å². The maximum absolute atomic E-state index is 6.15. The first-order valence-electron chi connectivity index (χ1n) is 5.48. The maximum atomic E-state index is 6.15. The Morgan fingerprint density at radius 1 is 1.35 bits per heavy atom. The molecule has 2 N–H and O–H groups in total. The number of nitrogen functional groups attached to an aromatic ring is 1. The number of rotatable bonds is 2. The molecule has 0 saturated heterocycles. The molecule has 0 bridgehead atoms. The zero-order valence-corrected chi connectivity index (χ0v) is 11.7. The molecule has 0 aliphatic carbocycles. The molecule has 0 radical (unpaired) electrons. The van der Waals surface area contributed by atoms with Gasteiger partial charge in [-0.15, -0.1) is 11.3 Å². The van der Waals surface area contributed by atoms with E-state index in [0.29, 0.717) is 5.13 Å². The van der Waals surface area contributed by atoms with Crippen molar-refractivity contribution in [2.75, 3.05) is 5.73 Å². The topological polar surface area (TPSA) is 38.9 Å². The van der Waals surface area contributed by atoms with Crippen molar-refractivity contribution in [2.24, 2.45) is 0 Å². The molecule has 1 aromatic heterocycles. The number of thiazole rings is 1. The van der Waals surface area contributed by atoms with Crippen molar-refractivity contribution in [1.82, 2.24) is 4.98 Å². The Balaban J connectivity index is 2.47. The molecular weight excluding hydrogens is 252 g/mol. The molecule has 90 valence electrons. The van der Waals surface area contributed by atoms with Gasteiger partial charge in [-0.2, -0.15) is 0 Å². The molecule has 17 heavy (non-hydrogen) atoms. The summed E-state index contributed by atoms with van der Waals surface area (Å²) in [5.41, 5.74) is 9.13. The summed E-state index contributed by atoms with van der Waals surface area (Å²) in [4.78, 5) is 5.49. The summed E-state index contributed by atoms with van der Waals surface area (Å²) in [5.74, 6) is 0.281. The average Bonchev–Trinajstić information content (AvgIpc) is 2.61. The van der Waals surface area contributed by atoms with Crippen LogP contribution in [0.25, 0.3) is 0 Å². The van der Waals surface area contributed by atoms with Crippen LogP contribution >= 0.6 is 22.9 Å². The van der Waals surface area contributed by atoms with Gasteiger partial charge in [-0.25, -0.2) is 4.98 Å². The van der Waals surface area contributed by atoms with Gasteiger partial charge in [0.05, 0.1) is 5.69 Å². The molecule has 0 fully saturated rings. The Kier molecular flexibility index (Phi) is 3.40. The summed E-state index contributed by atoms with van der Waals surface area (Å²) in [6, 6.07) is 6.02. The third kappa shape index (κ3) is 2.31. The van der Waals surface area contributed by atoms with E-state index in [-0.39, 0.29) is 5.92 Å². The standard InChI is InChI=1S/C13H15ClN2S/c1-7-10(5-4-6-11(7)14)8(2)12-9(3)16-13(15)17-12/h4-6,8H,1-3H3,(H2,15,16). The number of aromatic nitrogens is 1. The summed E-state index contributed by atoms with van der Waals surface area (Å²) in [5, 5.41) is 1.44. The zero-order chi connectivity index (χ0) is 12.6. The molecule has 1 atom stereocenters. The lowest BCUT2D eigenvalue weighted by Crippen LogP contribution is -1.98. The Morgan fingerprint density at radius 3 is 2.65 bits per heavy atom. The average molecular weight is 267 g/mol. The van der Waals surface area contributed by atoms with Crippen molar-refractivity contribution in [2.45, 2.75) is 26.7 Å². The van der Waals surface area contributed by atoms with Crippen LogP contribution in [0.1, 0.15) is 34.5 Å². The lowest BCUT2D eigenvalue weighted by atomic mass is 9.94. The Labute approximate surface area is 110 Å². The van der Waals surface area contributed by atoms with Gasteiger partial charge < -0.3 is 5.73 Å². The first-order valence-corrected chi connectivity index (χ1v) is 6.68. The molecule has 0 amide bonds. The molecule has 0 aliphatic heterocycles. The van der Waals surface area contributed by atoms with Gasteiger partial charge in [-0.3, -0.25) is 0 Å². The predicted molar refractivity (Wildman–Crippen MR) is 75.0 cm³/mol. The summed E-state index contributed by atoms with van der Waals surface area (Å²) >= 11 is 7.71. The second kappa shape index (κ2) is 4.67. The second-order valence-electron chi connectivity index (χ2n) is 4.18. The van der Waals surface area contributed by atoms with E-state index in [4.69, 9.17) is 17.3 Å². The molecular formula is C13H15ClN2S. The van der Waals surface area contributed by atoms with Crippen LogP contribution in [0, 0.1) is 13.8 Å². The first kappa shape index (κ1) is 12.4. The monoisotopic (exact) mass is 266 g/mol. The van der Waals surface area contributed by atoms with Crippen molar-refractivity contribution >= 4 is 28.1 Å². The largest absolute Gasteiger partial charge is 0.375 e. The van der Waals surface area contributed by atoms with Crippen LogP contribution in [0.15, 0.2) is 18.2 Å². The third-order valence-corrected chi connectivity index (χ3v) is 4.60. The predicted octanol–water partition coefficient (Wildman–Crippen LogP) is 4.15. The van der Waals surface area contributed by atoms with Crippen LogP contribution in [0.2, 0.25) is 5.02 Å². The lowest BCUT2D eigenvalue weighted by molar-refractivity contribution is 0.915. The number of anilines is 1. The minimum absolute atomic E-state index is 0.281. The Bertz CT molecular complexity index is 548. The van der Waals surface area contributed by atoms with Crippen molar-refractivity contribution in [3.05, 3.63) is 44.9 Å². The van der Waals surface area contributed by atoms with E-state index < -0.39 is 0 Å². The highest BCUT2D eigenvalue weighted by atomic mass is 35.5. The van der Waals surface area contributed by atoms with Crippen LogP contribution < -0.4 is 5.73 Å². The fourth-order valence-corrected chi connectivity index (χ4v) is 3.15. The fourth-order valence-electron chi connectivity index (χ4n) is 2.07. The number of halogens is 1. The van der Waals surface area contributed by atoms with E-state index in [0.717, 1.165) is 16.3 Å². The van der Waals surface area contributed by atoms with E-state index in [1.807, 2.05) is 26.0 Å². The smallest absolute Gasteiger partial charge is 0.180 e. The van der Waals surface area contributed by atoms with Gasteiger partial charge in [-0.1, -0.05) is 30.7 Å². The number of nitrogens with two attached hydrogens (primary N) is 1. The first-order chi connectivity index (χ1) is 8.00. The minimum Gasteiger partial charge on any atom is -0.375 e. The van der Waals surface area contributed by atoms with Gasteiger partial charge in [0, 0.05) is 15.8 Å². The molecule has 0 spiro atoms. The van der Waals surface area contributed by atoms with E-state index >= 15 is 0 Å². The lowest BCUT2D eigenvalue weighted by Gasteiger charge is -2.14. The number of hydrogen-bond acceptors (Lipinski definition) is 3. The Morgan fingerprint density at radius 2 is 2.06 bits per heavy atom.